The lowest BCUT2D eigenvalue weighted by atomic mass is 10.1. The zero-order chi connectivity index (χ0) is 22.1. The lowest BCUT2D eigenvalue weighted by Crippen LogP contribution is -2.14. The predicted octanol–water partition coefficient (Wildman–Crippen LogP) is 3.65. The third-order valence-electron chi connectivity index (χ3n) is 5.04. The van der Waals surface area contributed by atoms with E-state index in [1.54, 1.807) is 29.0 Å². The molecule has 0 aliphatic carbocycles. The van der Waals surface area contributed by atoms with E-state index in [-0.39, 0.29) is 18.0 Å². The number of nitrogens with one attached hydrogen (secondary N) is 1. The summed E-state index contributed by atoms with van der Waals surface area (Å²) >= 11 is 1.27. The van der Waals surface area contributed by atoms with Gasteiger partial charge in [0.05, 0.1) is 10.6 Å². The van der Waals surface area contributed by atoms with Crippen LogP contribution in [0.1, 0.15) is 28.9 Å². The summed E-state index contributed by atoms with van der Waals surface area (Å²) in [4.78, 5) is 36.1. The molecule has 0 fully saturated rings. The fourth-order valence-electron chi connectivity index (χ4n) is 3.37. The van der Waals surface area contributed by atoms with Crippen LogP contribution in [0.15, 0.2) is 29.9 Å². The van der Waals surface area contributed by atoms with Crippen molar-refractivity contribution >= 4 is 33.8 Å². The second-order valence-corrected chi connectivity index (χ2v) is 7.94. The molecule has 0 spiro atoms. The number of aryl methyl sites for hydroxylation is 3. The molecule has 158 valence electrons. The second-order valence-electron chi connectivity index (χ2n) is 7.08. The molecule has 0 bridgehead atoms. The molecule has 31 heavy (non-hydrogen) atoms. The molecule has 0 aliphatic rings. The SMILES string of the molecule is Cc1ccc(-c2csc(NC(=O)CCc3c(C)nc4ncnn4c3C)n2)cc1[N+](=O)[O-]. The molecule has 0 aliphatic heterocycles. The average Bonchev–Trinajstić information content (AvgIpc) is 3.37. The van der Waals surface area contributed by atoms with Gasteiger partial charge in [0.2, 0.25) is 5.91 Å². The van der Waals surface area contributed by atoms with Crippen LogP contribution < -0.4 is 5.32 Å². The average molecular weight is 437 g/mol. The molecule has 4 aromatic rings. The molecule has 10 nitrogen and oxygen atoms in total. The Morgan fingerprint density at radius 3 is 2.84 bits per heavy atom. The van der Waals surface area contributed by atoms with Crippen LogP contribution in [0.25, 0.3) is 17.0 Å². The lowest BCUT2D eigenvalue weighted by Gasteiger charge is -2.10. The molecule has 1 amide bonds. The van der Waals surface area contributed by atoms with Gasteiger partial charge in [-0.2, -0.15) is 10.1 Å². The van der Waals surface area contributed by atoms with E-state index in [2.05, 4.69) is 25.4 Å². The molecule has 3 aromatic heterocycles. The largest absolute Gasteiger partial charge is 0.302 e. The van der Waals surface area contributed by atoms with Crippen LogP contribution in [0, 0.1) is 30.9 Å². The van der Waals surface area contributed by atoms with Crippen molar-refractivity contribution < 1.29 is 9.72 Å². The molecule has 0 radical (unpaired) electrons. The molecule has 1 aromatic carbocycles. The Balaban J connectivity index is 1.44. The number of fused-ring (bicyclic) bond motifs is 1. The summed E-state index contributed by atoms with van der Waals surface area (Å²) in [7, 11) is 0. The summed E-state index contributed by atoms with van der Waals surface area (Å²) in [5.74, 6) is 0.364. The molecular weight excluding hydrogens is 418 g/mol. The minimum absolute atomic E-state index is 0.0415. The summed E-state index contributed by atoms with van der Waals surface area (Å²) in [6.07, 6.45) is 2.22. The van der Waals surface area contributed by atoms with E-state index in [4.69, 9.17) is 0 Å². The number of carbonyl (C=O) groups excluding carboxylic acids is 1. The zero-order valence-corrected chi connectivity index (χ0v) is 17.9. The summed E-state index contributed by atoms with van der Waals surface area (Å²) < 4.78 is 1.66. The van der Waals surface area contributed by atoms with Crippen LogP contribution in [0.3, 0.4) is 0 Å². The van der Waals surface area contributed by atoms with E-state index in [1.807, 2.05) is 13.8 Å². The van der Waals surface area contributed by atoms with Crippen molar-refractivity contribution in [3.8, 4) is 11.3 Å². The molecule has 3 heterocycles. The molecule has 1 N–H and O–H groups in total. The number of carbonyl (C=O) groups is 1. The maximum absolute atomic E-state index is 12.5. The number of thiazole rings is 1. The lowest BCUT2D eigenvalue weighted by molar-refractivity contribution is -0.385. The van der Waals surface area contributed by atoms with Gasteiger partial charge in [0.15, 0.2) is 5.13 Å². The Bertz CT molecular complexity index is 1310. The standard InChI is InChI=1S/C20H19N7O3S/c1-11-4-5-14(8-17(11)27(29)30)16-9-31-20(24-16)25-18(28)7-6-15-12(2)23-19-21-10-22-26(19)13(15)3/h4-5,8-10H,6-7H2,1-3H3,(H,24,25,28). The molecule has 0 saturated heterocycles. The Morgan fingerprint density at radius 1 is 1.26 bits per heavy atom. The number of aromatic nitrogens is 5. The number of nitro benzene ring substituents is 1. The first-order chi connectivity index (χ1) is 14.8. The van der Waals surface area contributed by atoms with Crippen LogP contribution in [0.5, 0.6) is 0 Å². The highest BCUT2D eigenvalue weighted by Crippen LogP contribution is 2.29. The van der Waals surface area contributed by atoms with E-state index >= 15 is 0 Å². The minimum atomic E-state index is -0.413. The smallest absolute Gasteiger partial charge is 0.272 e. The predicted molar refractivity (Wildman–Crippen MR) is 116 cm³/mol. The Kier molecular flexibility index (Phi) is 5.42. The maximum Gasteiger partial charge on any atom is 0.272 e. The van der Waals surface area contributed by atoms with Crippen molar-refractivity contribution in [3.05, 3.63) is 62.5 Å². The highest BCUT2D eigenvalue weighted by molar-refractivity contribution is 7.14. The summed E-state index contributed by atoms with van der Waals surface area (Å²) in [6.45, 7) is 5.51. The quantitative estimate of drug-likeness (QED) is 0.360. The number of nitro groups is 1. The molecule has 0 atom stereocenters. The first-order valence-electron chi connectivity index (χ1n) is 9.50. The zero-order valence-electron chi connectivity index (χ0n) is 17.1. The van der Waals surface area contributed by atoms with Crippen LogP contribution in [-0.4, -0.2) is 35.4 Å². The highest BCUT2D eigenvalue weighted by Gasteiger charge is 2.16. The van der Waals surface area contributed by atoms with E-state index in [1.165, 1.54) is 23.7 Å². The van der Waals surface area contributed by atoms with Gasteiger partial charge in [0, 0.05) is 40.4 Å². The van der Waals surface area contributed by atoms with Gasteiger partial charge in [-0.15, -0.1) is 11.3 Å². The number of hydrogen-bond acceptors (Lipinski definition) is 8. The number of nitrogens with zero attached hydrogens (tertiary/aromatic N) is 6. The summed E-state index contributed by atoms with van der Waals surface area (Å²) in [5.41, 5.74) is 4.53. The molecular formula is C20H19N7O3S. The maximum atomic E-state index is 12.5. The Hall–Kier alpha value is -3.73. The van der Waals surface area contributed by atoms with Crippen molar-refractivity contribution in [2.45, 2.75) is 33.6 Å². The van der Waals surface area contributed by atoms with Crippen LogP contribution in [0.2, 0.25) is 0 Å². The van der Waals surface area contributed by atoms with Crippen molar-refractivity contribution in [2.24, 2.45) is 0 Å². The van der Waals surface area contributed by atoms with Crippen molar-refractivity contribution in [3.63, 3.8) is 0 Å². The van der Waals surface area contributed by atoms with Gasteiger partial charge in [-0.3, -0.25) is 14.9 Å². The molecule has 0 unspecified atom stereocenters. The van der Waals surface area contributed by atoms with Crippen LogP contribution in [0.4, 0.5) is 10.8 Å². The van der Waals surface area contributed by atoms with Gasteiger partial charge in [-0.25, -0.2) is 14.5 Å². The van der Waals surface area contributed by atoms with E-state index in [0.29, 0.717) is 34.2 Å². The van der Waals surface area contributed by atoms with E-state index in [9.17, 15) is 14.9 Å². The number of rotatable bonds is 6. The third kappa shape index (κ3) is 4.12. The second kappa shape index (κ2) is 8.19. The normalized spacial score (nSPS) is 11.1. The first-order valence-corrected chi connectivity index (χ1v) is 10.4. The van der Waals surface area contributed by atoms with Gasteiger partial charge < -0.3 is 5.32 Å². The number of hydrogen-bond donors (Lipinski definition) is 1. The van der Waals surface area contributed by atoms with Gasteiger partial charge in [-0.1, -0.05) is 12.1 Å². The Labute approximate surface area is 181 Å². The van der Waals surface area contributed by atoms with Gasteiger partial charge in [0.25, 0.3) is 11.5 Å². The Morgan fingerprint density at radius 2 is 2.06 bits per heavy atom. The molecule has 11 heteroatoms. The summed E-state index contributed by atoms with van der Waals surface area (Å²) in [5, 5.41) is 20.3. The number of amides is 1. The number of benzene rings is 1. The highest BCUT2D eigenvalue weighted by atomic mass is 32.1. The van der Waals surface area contributed by atoms with Gasteiger partial charge >= 0.3 is 0 Å². The van der Waals surface area contributed by atoms with Crippen LogP contribution in [-0.2, 0) is 11.2 Å². The van der Waals surface area contributed by atoms with Crippen molar-refractivity contribution in [1.29, 1.82) is 0 Å². The minimum Gasteiger partial charge on any atom is -0.302 e. The fourth-order valence-corrected chi connectivity index (χ4v) is 4.10. The molecule has 0 saturated carbocycles. The monoisotopic (exact) mass is 437 g/mol. The topological polar surface area (TPSA) is 128 Å². The van der Waals surface area contributed by atoms with Crippen LogP contribution >= 0.6 is 11.3 Å². The van der Waals surface area contributed by atoms with E-state index in [0.717, 1.165) is 17.0 Å². The van der Waals surface area contributed by atoms with Crippen molar-refractivity contribution in [1.82, 2.24) is 24.6 Å². The van der Waals surface area contributed by atoms with E-state index < -0.39 is 4.92 Å². The third-order valence-corrected chi connectivity index (χ3v) is 5.80. The first kappa shape index (κ1) is 20.5. The van der Waals surface area contributed by atoms with Gasteiger partial charge in [-0.05, 0) is 32.8 Å². The summed E-state index contributed by atoms with van der Waals surface area (Å²) in [6, 6.07) is 4.96. The fraction of sp³-hybridized carbons (Fsp3) is 0.250. The van der Waals surface area contributed by atoms with Gasteiger partial charge in [0.1, 0.15) is 6.33 Å². The number of anilines is 1. The van der Waals surface area contributed by atoms with Crippen molar-refractivity contribution in [2.75, 3.05) is 5.32 Å². The molecule has 4 rings (SSSR count).